The van der Waals surface area contributed by atoms with Crippen LogP contribution in [0, 0.1) is 11.6 Å². The van der Waals surface area contributed by atoms with E-state index >= 15 is 0 Å². The average Bonchev–Trinajstić information content (AvgIpc) is 3.09. The van der Waals surface area contributed by atoms with Crippen LogP contribution in [0.25, 0.3) is 0 Å². The van der Waals surface area contributed by atoms with E-state index in [9.17, 15) is 18.4 Å². The highest BCUT2D eigenvalue weighted by atomic mass is 19.1. The first kappa shape index (κ1) is 19.3. The number of amides is 2. The number of rotatable bonds is 8. The molecule has 1 saturated heterocycles. The fraction of sp³-hybridized carbons (Fsp3) is 0.556. The molecule has 0 spiro atoms. The van der Waals surface area contributed by atoms with Crippen LogP contribution in [0.5, 0.6) is 0 Å². The van der Waals surface area contributed by atoms with E-state index in [1.807, 2.05) is 0 Å². The van der Waals surface area contributed by atoms with E-state index in [4.69, 9.17) is 0 Å². The normalized spacial score (nSPS) is 15.8. The van der Waals surface area contributed by atoms with E-state index in [2.05, 4.69) is 22.5 Å². The van der Waals surface area contributed by atoms with Crippen molar-refractivity contribution in [1.82, 2.24) is 15.5 Å². The first-order valence-electron chi connectivity index (χ1n) is 8.75. The molecule has 0 bridgehead atoms. The zero-order valence-electron chi connectivity index (χ0n) is 14.5. The number of hydrogen-bond donors (Lipinski definition) is 2. The lowest BCUT2D eigenvalue weighted by molar-refractivity contribution is -0.121. The molecule has 0 saturated carbocycles. The highest BCUT2D eigenvalue weighted by Crippen LogP contribution is 2.13. The third-order valence-corrected chi connectivity index (χ3v) is 4.48. The molecule has 1 aliphatic rings. The van der Waals surface area contributed by atoms with Crippen molar-refractivity contribution in [2.75, 3.05) is 26.2 Å². The van der Waals surface area contributed by atoms with E-state index in [1.54, 1.807) is 0 Å². The molecule has 2 amide bonds. The number of halogens is 2. The molecule has 1 aromatic carbocycles. The summed E-state index contributed by atoms with van der Waals surface area (Å²) in [6.45, 7) is 4.95. The lowest BCUT2D eigenvalue weighted by Gasteiger charge is -2.26. The Hall–Kier alpha value is -2.02. The Morgan fingerprint density at radius 2 is 1.92 bits per heavy atom. The smallest absolute Gasteiger partial charge is 0.254 e. The van der Waals surface area contributed by atoms with Crippen LogP contribution < -0.4 is 10.6 Å². The number of nitrogens with one attached hydrogen (secondary N) is 2. The van der Waals surface area contributed by atoms with E-state index in [0.717, 1.165) is 31.6 Å². The summed E-state index contributed by atoms with van der Waals surface area (Å²) in [5, 5.41) is 5.36. The molecule has 1 aliphatic heterocycles. The Morgan fingerprint density at radius 1 is 1.20 bits per heavy atom. The maximum Gasteiger partial charge on any atom is 0.254 e. The van der Waals surface area contributed by atoms with Crippen molar-refractivity contribution in [3.8, 4) is 0 Å². The zero-order valence-corrected chi connectivity index (χ0v) is 14.5. The summed E-state index contributed by atoms with van der Waals surface area (Å²) in [6, 6.07) is 3.11. The van der Waals surface area contributed by atoms with Gasteiger partial charge in [-0.25, -0.2) is 8.78 Å². The van der Waals surface area contributed by atoms with Crippen molar-refractivity contribution in [3.05, 3.63) is 35.4 Å². The molecule has 1 fully saturated rings. The van der Waals surface area contributed by atoms with Crippen molar-refractivity contribution < 1.29 is 18.4 Å². The van der Waals surface area contributed by atoms with Crippen molar-refractivity contribution in [2.45, 2.75) is 38.6 Å². The molecule has 1 heterocycles. The Bertz CT molecular complexity index is 604. The Morgan fingerprint density at radius 3 is 2.56 bits per heavy atom. The van der Waals surface area contributed by atoms with Crippen LogP contribution in [-0.4, -0.2) is 48.9 Å². The Kier molecular flexibility index (Phi) is 7.31. The van der Waals surface area contributed by atoms with Gasteiger partial charge in [0, 0.05) is 31.6 Å². The van der Waals surface area contributed by atoms with E-state index in [1.165, 1.54) is 12.8 Å². The summed E-state index contributed by atoms with van der Waals surface area (Å²) in [6.07, 6.45) is 3.50. The maximum absolute atomic E-state index is 13.5. The maximum atomic E-state index is 13.5. The second-order valence-corrected chi connectivity index (χ2v) is 6.24. The number of nitrogens with zero attached hydrogens (tertiary/aromatic N) is 1. The lowest BCUT2D eigenvalue weighted by Crippen LogP contribution is -2.42. The largest absolute Gasteiger partial charge is 0.354 e. The fourth-order valence-corrected chi connectivity index (χ4v) is 3.02. The zero-order chi connectivity index (χ0) is 18.2. The monoisotopic (exact) mass is 353 g/mol. The summed E-state index contributed by atoms with van der Waals surface area (Å²) < 4.78 is 26.3. The van der Waals surface area contributed by atoms with Gasteiger partial charge in [-0.2, -0.15) is 0 Å². The summed E-state index contributed by atoms with van der Waals surface area (Å²) in [5.74, 6) is -2.47. The number of carbonyl (C=O) groups excluding carboxylic acids is 2. The average molecular weight is 353 g/mol. The van der Waals surface area contributed by atoms with Crippen molar-refractivity contribution >= 4 is 11.8 Å². The minimum atomic E-state index is -0.918. The standard InChI is InChI=1S/C18H25F2N3O2/c1-2-14(23-9-3-4-10-23)12-22-17(24)7-8-21-18(25)15-6-5-13(19)11-16(15)20/h5-6,11,14H,2-4,7-10,12H2,1H3,(H,21,25)(H,22,24). The minimum absolute atomic E-state index is 0.0992. The highest BCUT2D eigenvalue weighted by molar-refractivity contribution is 5.94. The second-order valence-electron chi connectivity index (χ2n) is 6.24. The van der Waals surface area contributed by atoms with Crippen LogP contribution in [0.15, 0.2) is 18.2 Å². The van der Waals surface area contributed by atoms with Crippen LogP contribution >= 0.6 is 0 Å². The second kappa shape index (κ2) is 9.46. The molecule has 138 valence electrons. The molecule has 0 aromatic heterocycles. The van der Waals surface area contributed by atoms with Gasteiger partial charge in [0.15, 0.2) is 0 Å². The molecule has 5 nitrogen and oxygen atoms in total. The van der Waals surface area contributed by atoms with Crippen LogP contribution in [0.1, 0.15) is 43.0 Å². The van der Waals surface area contributed by atoms with Crippen LogP contribution in [0.4, 0.5) is 8.78 Å². The van der Waals surface area contributed by atoms with Gasteiger partial charge in [0.25, 0.3) is 5.91 Å². The molecule has 1 unspecified atom stereocenters. The molecule has 0 aliphatic carbocycles. The number of carbonyl (C=O) groups is 2. The summed E-state index contributed by atoms with van der Waals surface area (Å²) in [7, 11) is 0. The predicted molar refractivity (Wildman–Crippen MR) is 91.2 cm³/mol. The van der Waals surface area contributed by atoms with Crippen LogP contribution in [-0.2, 0) is 4.79 Å². The molecule has 1 aromatic rings. The van der Waals surface area contributed by atoms with E-state index in [0.29, 0.717) is 18.7 Å². The van der Waals surface area contributed by atoms with Crippen molar-refractivity contribution in [2.24, 2.45) is 0 Å². The molecule has 25 heavy (non-hydrogen) atoms. The van der Waals surface area contributed by atoms with Gasteiger partial charge in [-0.05, 0) is 44.5 Å². The lowest BCUT2D eigenvalue weighted by atomic mass is 10.2. The number of likely N-dealkylation sites (tertiary alicyclic amines) is 1. The Balaban J connectivity index is 1.70. The third kappa shape index (κ3) is 5.77. The summed E-state index contributed by atoms with van der Waals surface area (Å²) in [5.41, 5.74) is -0.234. The van der Waals surface area contributed by atoms with Gasteiger partial charge in [-0.15, -0.1) is 0 Å². The fourth-order valence-electron chi connectivity index (χ4n) is 3.02. The minimum Gasteiger partial charge on any atom is -0.354 e. The molecule has 1 atom stereocenters. The molecular weight excluding hydrogens is 328 g/mol. The van der Waals surface area contributed by atoms with Gasteiger partial charge < -0.3 is 10.6 Å². The van der Waals surface area contributed by atoms with Gasteiger partial charge >= 0.3 is 0 Å². The van der Waals surface area contributed by atoms with Gasteiger partial charge in [0.05, 0.1) is 5.56 Å². The van der Waals surface area contributed by atoms with E-state index in [-0.39, 0.29) is 24.4 Å². The Labute approximate surface area is 146 Å². The van der Waals surface area contributed by atoms with Crippen molar-refractivity contribution in [3.63, 3.8) is 0 Å². The number of hydrogen-bond acceptors (Lipinski definition) is 3. The predicted octanol–water partition coefficient (Wildman–Crippen LogP) is 2.08. The molecule has 2 rings (SSSR count). The summed E-state index contributed by atoms with van der Waals surface area (Å²) in [4.78, 5) is 26.1. The third-order valence-electron chi connectivity index (χ3n) is 4.48. The molecule has 7 heteroatoms. The number of benzene rings is 1. The highest BCUT2D eigenvalue weighted by Gasteiger charge is 2.20. The van der Waals surface area contributed by atoms with Crippen LogP contribution in [0.2, 0.25) is 0 Å². The van der Waals surface area contributed by atoms with Crippen LogP contribution in [0.3, 0.4) is 0 Å². The topological polar surface area (TPSA) is 61.4 Å². The van der Waals surface area contributed by atoms with E-state index < -0.39 is 17.5 Å². The SMILES string of the molecule is CCC(CNC(=O)CCNC(=O)c1ccc(F)cc1F)N1CCCC1. The first-order chi connectivity index (χ1) is 12.0. The molecule has 2 N–H and O–H groups in total. The molecule has 0 radical (unpaired) electrons. The van der Waals surface area contributed by atoms with Gasteiger partial charge in [-0.1, -0.05) is 6.92 Å². The van der Waals surface area contributed by atoms with Gasteiger partial charge in [0.1, 0.15) is 11.6 Å². The quantitative estimate of drug-likeness (QED) is 0.752. The van der Waals surface area contributed by atoms with Gasteiger partial charge in [-0.3, -0.25) is 14.5 Å². The van der Waals surface area contributed by atoms with Crippen molar-refractivity contribution in [1.29, 1.82) is 0 Å². The van der Waals surface area contributed by atoms with Gasteiger partial charge in [0.2, 0.25) is 5.91 Å². The molecular formula is C18H25F2N3O2. The first-order valence-corrected chi connectivity index (χ1v) is 8.75. The summed E-state index contributed by atoms with van der Waals surface area (Å²) >= 11 is 0.